The van der Waals surface area contributed by atoms with E-state index in [4.69, 9.17) is 23.2 Å². The summed E-state index contributed by atoms with van der Waals surface area (Å²) in [6.45, 7) is 0. The molecule has 0 unspecified atom stereocenters. The summed E-state index contributed by atoms with van der Waals surface area (Å²) < 4.78 is 1.89. The molecule has 0 atom stereocenters. The average molecular weight is 310 g/mol. The maximum absolute atomic E-state index is 11.7. The minimum Gasteiger partial charge on any atom is -0.354 e. The number of nitrogens with zero attached hydrogens (tertiary/aromatic N) is 2. The predicted molar refractivity (Wildman–Crippen MR) is 81.3 cm³/mol. The molecule has 1 heterocycles. The Morgan fingerprint density at radius 3 is 2.85 bits per heavy atom. The highest BCUT2D eigenvalue weighted by atomic mass is 35.5. The lowest BCUT2D eigenvalue weighted by molar-refractivity contribution is -0.120. The number of rotatable bonds is 4. The lowest BCUT2D eigenvalue weighted by atomic mass is 10.2. The number of hydrogen-bond donors (Lipinski definition) is 1. The molecule has 2 aromatic rings. The molecule has 6 heteroatoms. The SMILES string of the molecule is Cn1cccc1CC(=O)N/N=C\c1ccc(Cl)cc1Cl. The van der Waals surface area contributed by atoms with E-state index < -0.39 is 0 Å². The molecule has 0 aliphatic carbocycles. The van der Waals surface area contributed by atoms with Gasteiger partial charge in [0.25, 0.3) is 0 Å². The summed E-state index contributed by atoms with van der Waals surface area (Å²) in [4.78, 5) is 11.7. The summed E-state index contributed by atoms with van der Waals surface area (Å²) in [6, 6.07) is 8.84. The first-order valence-electron chi connectivity index (χ1n) is 5.93. The van der Waals surface area contributed by atoms with E-state index in [1.54, 1.807) is 18.2 Å². The summed E-state index contributed by atoms with van der Waals surface area (Å²) in [5.74, 6) is -0.187. The third-order valence-corrected chi connectivity index (χ3v) is 3.31. The standard InChI is InChI=1S/C14H13Cl2N3O/c1-19-6-2-3-12(19)8-14(20)18-17-9-10-4-5-11(15)7-13(10)16/h2-7,9H,8H2,1H3,(H,18,20)/b17-9-. The van der Waals surface area contributed by atoms with Crippen molar-refractivity contribution in [2.24, 2.45) is 12.1 Å². The van der Waals surface area contributed by atoms with Crippen LogP contribution in [-0.4, -0.2) is 16.7 Å². The van der Waals surface area contributed by atoms with Gasteiger partial charge in [-0.05, 0) is 24.3 Å². The third-order valence-electron chi connectivity index (χ3n) is 2.75. The Morgan fingerprint density at radius 1 is 1.40 bits per heavy atom. The van der Waals surface area contributed by atoms with Crippen molar-refractivity contribution in [1.82, 2.24) is 9.99 Å². The summed E-state index contributed by atoms with van der Waals surface area (Å²) in [5.41, 5.74) is 4.07. The molecule has 0 bridgehead atoms. The monoisotopic (exact) mass is 309 g/mol. The Bertz CT molecular complexity index is 650. The van der Waals surface area contributed by atoms with Crippen molar-refractivity contribution >= 4 is 35.3 Å². The number of carbonyl (C=O) groups excluding carboxylic acids is 1. The number of amides is 1. The fourth-order valence-electron chi connectivity index (χ4n) is 1.66. The van der Waals surface area contributed by atoms with Crippen molar-refractivity contribution in [2.45, 2.75) is 6.42 Å². The number of aromatic nitrogens is 1. The molecule has 0 saturated carbocycles. The van der Waals surface area contributed by atoms with Crippen LogP contribution in [0.15, 0.2) is 41.6 Å². The van der Waals surface area contributed by atoms with Gasteiger partial charge >= 0.3 is 0 Å². The number of hydrogen-bond acceptors (Lipinski definition) is 2. The summed E-state index contributed by atoms with van der Waals surface area (Å²) in [6.07, 6.45) is 3.65. The van der Waals surface area contributed by atoms with Crippen LogP contribution in [0.2, 0.25) is 10.0 Å². The van der Waals surface area contributed by atoms with Gasteiger partial charge in [0.05, 0.1) is 17.7 Å². The largest absolute Gasteiger partial charge is 0.354 e. The van der Waals surface area contributed by atoms with E-state index in [0.29, 0.717) is 15.6 Å². The van der Waals surface area contributed by atoms with Crippen LogP contribution in [0.25, 0.3) is 0 Å². The average Bonchev–Trinajstić information content (AvgIpc) is 2.78. The molecule has 0 fully saturated rings. The Hall–Kier alpha value is -1.78. The zero-order valence-electron chi connectivity index (χ0n) is 10.8. The number of aryl methyl sites for hydroxylation is 1. The van der Waals surface area contributed by atoms with Crippen LogP contribution in [0.3, 0.4) is 0 Å². The molecule has 0 saturated heterocycles. The van der Waals surface area contributed by atoms with Crippen molar-refractivity contribution < 1.29 is 4.79 Å². The molecule has 1 aromatic carbocycles. The smallest absolute Gasteiger partial charge is 0.245 e. The van der Waals surface area contributed by atoms with E-state index in [-0.39, 0.29) is 12.3 Å². The zero-order chi connectivity index (χ0) is 14.5. The maximum Gasteiger partial charge on any atom is 0.245 e. The van der Waals surface area contributed by atoms with Gasteiger partial charge in [0.2, 0.25) is 5.91 Å². The number of nitrogens with one attached hydrogen (secondary N) is 1. The van der Waals surface area contributed by atoms with Gasteiger partial charge < -0.3 is 4.57 Å². The summed E-state index contributed by atoms with van der Waals surface area (Å²) in [5, 5.41) is 4.92. The molecule has 1 amide bonds. The first-order chi connectivity index (χ1) is 9.56. The van der Waals surface area contributed by atoms with Gasteiger partial charge in [-0.2, -0.15) is 5.10 Å². The van der Waals surface area contributed by atoms with Crippen molar-refractivity contribution in [3.8, 4) is 0 Å². The van der Waals surface area contributed by atoms with E-state index in [1.165, 1.54) is 6.21 Å². The molecule has 0 aliphatic rings. The van der Waals surface area contributed by atoms with Crippen LogP contribution in [0, 0.1) is 0 Å². The Labute approximate surface area is 127 Å². The van der Waals surface area contributed by atoms with Gasteiger partial charge in [-0.25, -0.2) is 5.43 Å². The molecule has 104 valence electrons. The fourth-order valence-corrected chi connectivity index (χ4v) is 2.12. The molecule has 1 N–H and O–H groups in total. The quantitative estimate of drug-likeness (QED) is 0.685. The highest BCUT2D eigenvalue weighted by molar-refractivity contribution is 6.36. The molecule has 0 radical (unpaired) electrons. The van der Waals surface area contributed by atoms with Gasteiger partial charge in [-0.3, -0.25) is 4.79 Å². The lowest BCUT2D eigenvalue weighted by Gasteiger charge is -2.02. The van der Waals surface area contributed by atoms with E-state index in [2.05, 4.69) is 10.5 Å². The summed E-state index contributed by atoms with van der Waals surface area (Å²) >= 11 is 11.8. The van der Waals surface area contributed by atoms with Crippen LogP contribution in [0.1, 0.15) is 11.3 Å². The molecule has 1 aromatic heterocycles. The number of benzene rings is 1. The molecule has 0 aliphatic heterocycles. The fraction of sp³-hybridized carbons (Fsp3) is 0.143. The highest BCUT2D eigenvalue weighted by Crippen LogP contribution is 2.19. The first-order valence-corrected chi connectivity index (χ1v) is 6.69. The van der Waals surface area contributed by atoms with Crippen LogP contribution >= 0.6 is 23.2 Å². The van der Waals surface area contributed by atoms with Crippen LogP contribution in [0.4, 0.5) is 0 Å². The summed E-state index contributed by atoms with van der Waals surface area (Å²) in [7, 11) is 1.89. The molecular weight excluding hydrogens is 297 g/mol. The van der Waals surface area contributed by atoms with Gasteiger partial charge in [-0.1, -0.05) is 29.3 Å². The second kappa shape index (κ2) is 6.59. The zero-order valence-corrected chi connectivity index (χ0v) is 12.3. The second-order valence-electron chi connectivity index (χ2n) is 4.25. The second-order valence-corrected chi connectivity index (χ2v) is 5.09. The Balaban J connectivity index is 1.93. The minimum absolute atomic E-state index is 0.187. The van der Waals surface area contributed by atoms with Crippen molar-refractivity contribution in [1.29, 1.82) is 0 Å². The highest BCUT2D eigenvalue weighted by Gasteiger charge is 2.04. The van der Waals surface area contributed by atoms with Crippen molar-refractivity contribution in [2.75, 3.05) is 0 Å². The van der Waals surface area contributed by atoms with Gasteiger partial charge in [0.1, 0.15) is 0 Å². The van der Waals surface area contributed by atoms with Crippen LogP contribution < -0.4 is 5.43 Å². The van der Waals surface area contributed by atoms with Crippen LogP contribution in [0.5, 0.6) is 0 Å². The van der Waals surface area contributed by atoms with E-state index in [0.717, 1.165) is 5.69 Å². The Morgan fingerprint density at radius 2 is 2.20 bits per heavy atom. The van der Waals surface area contributed by atoms with Crippen molar-refractivity contribution in [3.05, 3.63) is 57.8 Å². The maximum atomic E-state index is 11.7. The van der Waals surface area contributed by atoms with Crippen LogP contribution in [-0.2, 0) is 18.3 Å². The minimum atomic E-state index is -0.187. The lowest BCUT2D eigenvalue weighted by Crippen LogP contribution is -2.20. The van der Waals surface area contributed by atoms with Gasteiger partial charge in [0.15, 0.2) is 0 Å². The molecular formula is C14H13Cl2N3O. The van der Waals surface area contributed by atoms with E-state index >= 15 is 0 Å². The van der Waals surface area contributed by atoms with E-state index in [1.807, 2.05) is 29.9 Å². The van der Waals surface area contributed by atoms with Gasteiger partial charge in [0, 0.05) is 29.5 Å². The number of halogens is 2. The van der Waals surface area contributed by atoms with Gasteiger partial charge in [-0.15, -0.1) is 0 Å². The van der Waals surface area contributed by atoms with Crippen molar-refractivity contribution in [3.63, 3.8) is 0 Å². The number of hydrazone groups is 1. The Kier molecular flexibility index (Phi) is 4.82. The molecule has 4 nitrogen and oxygen atoms in total. The first kappa shape index (κ1) is 14.6. The normalized spacial score (nSPS) is 10.9. The molecule has 20 heavy (non-hydrogen) atoms. The number of carbonyl (C=O) groups is 1. The topological polar surface area (TPSA) is 46.4 Å². The predicted octanol–water partition coefficient (Wildman–Crippen LogP) is 3.02. The van der Waals surface area contributed by atoms with E-state index in [9.17, 15) is 4.79 Å². The molecule has 2 rings (SSSR count). The third kappa shape index (κ3) is 3.85. The molecule has 0 spiro atoms.